The van der Waals surface area contributed by atoms with Crippen molar-refractivity contribution in [1.82, 2.24) is 0 Å². The molecule has 162 valence electrons. The first-order valence-corrected chi connectivity index (χ1v) is 12.5. The molecule has 4 rings (SSSR count). The van der Waals surface area contributed by atoms with Gasteiger partial charge in [-0.15, -0.1) is 0 Å². The fourth-order valence-corrected chi connectivity index (χ4v) is 6.72. The molecule has 1 aromatic carbocycles. The number of rotatable bonds is 6. The van der Waals surface area contributed by atoms with Crippen LogP contribution in [0.5, 0.6) is 5.75 Å². The van der Waals surface area contributed by atoms with Gasteiger partial charge in [0.1, 0.15) is 11.6 Å². The van der Waals surface area contributed by atoms with Crippen LogP contribution in [0, 0.1) is 35.4 Å². The first kappa shape index (κ1) is 21.2. The van der Waals surface area contributed by atoms with E-state index in [1.807, 2.05) is 19.1 Å². The largest absolute Gasteiger partial charge is 0.494 e. The molecule has 0 aromatic heterocycles. The molecule has 1 aromatic rings. The number of fused-ring (bicyclic) bond motifs is 1. The number of halogens is 1. The Kier molecular flexibility index (Phi) is 7.19. The van der Waals surface area contributed by atoms with Crippen molar-refractivity contribution < 1.29 is 9.13 Å². The zero-order chi connectivity index (χ0) is 20.2. The molecule has 3 saturated carbocycles. The van der Waals surface area contributed by atoms with Crippen molar-refractivity contribution in [3.05, 3.63) is 29.6 Å². The highest BCUT2D eigenvalue weighted by Crippen LogP contribution is 2.49. The molecule has 4 atom stereocenters. The van der Waals surface area contributed by atoms with Gasteiger partial charge in [-0.1, -0.05) is 57.9 Å². The van der Waals surface area contributed by atoms with E-state index < -0.39 is 0 Å². The highest BCUT2D eigenvalue weighted by atomic mass is 19.1. The van der Waals surface area contributed by atoms with E-state index in [9.17, 15) is 4.39 Å². The molecular formula is C27H41FO. The van der Waals surface area contributed by atoms with Gasteiger partial charge in [0.25, 0.3) is 0 Å². The molecule has 0 heterocycles. The number of benzene rings is 1. The van der Waals surface area contributed by atoms with Crippen LogP contribution < -0.4 is 4.74 Å². The van der Waals surface area contributed by atoms with Crippen molar-refractivity contribution >= 4 is 0 Å². The maximum atomic E-state index is 14.7. The van der Waals surface area contributed by atoms with Gasteiger partial charge < -0.3 is 4.74 Å². The van der Waals surface area contributed by atoms with E-state index in [1.54, 1.807) is 6.07 Å². The van der Waals surface area contributed by atoms with Crippen molar-refractivity contribution in [3.63, 3.8) is 0 Å². The van der Waals surface area contributed by atoms with E-state index in [0.717, 1.165) is 35.2 Å². The maximum Gasteiger partial charge on any atom is 0.130 e. The monoisotopic (exact) mass is 400 g/mol. The Balaban J connectivity index is 1.26. The third-order valence-electron chi connectivity index (χ3n) is 8.56. The predicted molar refractivity (Wildman–Crippen MR) is 119 cm³/mol. The second-order valence-electron chi connectivity index (χ2n) is 10.5. The fraction of sp³-hybridized carbons (Fsp3) is 0.778. The van der Waals surface area contributed by atoms with Gasteiger partial charge in [-0.25, -0.2) is 4.39 Å². The Bertz CT molecular complexity index is 648. The normalized spacial score (nSPS) is 35.1. The topological polar surface area (TPSA) is 9.23 Å². The van der Waals surface area contributed by atoms with Gasteiger partial charge in [0.05, 0.1) is 6.61 Å². The summed E-state index contributed by atoms with van der Waals surface area (Å²) in [6, 6.07) is 5.53. The molecule has 3 aliphatic carbocycles. The molecule has 0 N–H and O–H groups in total. The van der Waals surface area contributed by atoms with E-state index in [2.05, 4.69) is 6.92 Å². The van der Waals surface area contributed by atoms with Gasteiger partial charge in [0.2, 0.25) is 0 Å². The lowest BCUT2D eigenvalue weighted by Crippen LogP contribution is -2.31. The highest BCUT2D eigenvalue weighted by Gasteiger charge is 2.36. The van der Waals surface area contributed by atoms with Gasteiger partial charge >= 0.3 is 0 Å². The van der Waals surface area contributed by atoms with Crippen LogP contribution in [0.2, 0.25) is 0 Å². The summed E-state index contributed by atoms with van der Waals surface area (Å²) >= 11 is 0. The van der Waals surface area contributed by atoms with E-state index in [1.165, 1.54) is 77.0 Å². The summed E-state index contributed by atoms with van der Waals surface area (Å²) in [5.74, 6) is 5.69. The number of ether oxygens (including phenoxy) is 1. The van der Waals surface area contributed by atoms with Gasteiger partial charge in [0, 0.05) is 6.07 Å². The summed E-state index contributed by atoms with van der Waals surface area (Å²) < 4.78 is 20.1. The Morgan fingerprint density at radius 2 is 1.55 bits per heavy atom. The lowest BCUT2D eigenvalue weighted by atomic mass is 9.63. The van der Waals surface area contributed by atoms with Gasteiger partial charge in [-0.3, -0.25) is 0 Å². The zero-order valence-corrected chi connectivity index (χ0v) is 18.7. The average Bonchev–Trinajstić information content (AvgIpc) is 2.73. The summed E-state index contributed by atoms with van der Waals surface area (Å²) in [5.41, 5.74) is 0.931. The van der Waals surface area contributed by atoms with Crippen LogP contribution in [-0.4, -0.2) is 6.61 Å². The summed E-state index contributed by atoms with van der Waals surface area (Å²) in [6.07, 6.45) is 16.8. The second-order valence-corrected chi connectivity index (χ2v) is 10.5. The van der Waals surface area contributed by atoms with E-state index in [-0.39, 0.29) is 5.82 Å². The molecule has 0 radical (unpaired) electrons. The van der Waals surface area contributed by atoms with Crippen LogP contribution in [0.25, 0.3) is 0 Å². The molecule has 0 spiro atoms. The number of hydrogen-bond acceptors (Lipinski definition) is 1. The van der Waals surface area contributed by atoms with Crippen LogP contribution in [-0.2, 0) is 0 Å². The van der Waals surface area contributed by atoms with Crippen LogP contribution in [0.1, 0.15) is 102 Å². The smallest absolute Gasteiger partial charge is 0.130 e. The summed E-state index contributed by atoms with van der Waals surface area (Å²) in [7, 11) is 0. The lowest BCUT2D eigenvalue weighted by Gasteiger charge is -2.42. The molecule has 2 heteroatoms. The molecule has 0 saturated heterocycles. The van der Waals surface area contributed by atoms with Crippen molar-refractivity contribution in [1.29, 1.82) is 0 Å². The molecule has 3 aliphatic rings. The molecule has 0 aliphatic heterocycles. The Morgan fingerprint density at radius 1 is 0.862 bits per heavy atom. The molecule has 3 fully saturated rings. The summed E-state index contributed by atoms with van der Waals surface area (Å²) in [6.45, 7) is 4.96. The molecular weight excluding hydrogens is 359 g/mol. The van der Waals surface area contributed by atoms with Gasteiger partial charge in [-0.2, -0.15) is 0 Å². The summed E-state index contributed by atoms with van der Waals surface area (Å²) in [4.78, 5) is 0. The van der Waals surface area contributed by atoms with Crippen molar-refractivity contribution in [2.75, 3.05) is 6.61 Å². The quantitative estimate of drug-likeness (QED) is 0.468. The zero-order valence-electron chi connectivity index (χ0n) is 18.7. The van der Waals surface area contributed by atoms with E-state index >= 15 is 0 Å². The summed E-state index contributed by atoms with van der Waals surface area (Å²) in [5, 5.41) is 0. The molecule has 4 unspecified atom stereocenters. The minimum absolute atomic E-state index is 0.0603. The van der Waals surface area contributed by atoms with Crippen LogP contribution in [0.3, 0.4) is 0 Å². The van der Waals surface area contributed by atoms with Crippen LogP contribution in [0.4, 0.5) is 4.39 Å². The Labute approximate surface area is 177 Å². The van der Waals surface area contributed by atoms with Gasteiger partial charge in [0.15, 0.2) is 0 Å². The Morgan fingerprint density at radius 3 is 2.31 bits per heavy atom. The second kappa shape index (κ2) is 9.84. The van der Waals surface area contributed by atoms with Crippen LogP contribution in [0.15, 0.2) is 18.2 Å². The highest BCUT2D eigenvalue weighted by molar-refractivity contribution is 5.31. The van der Waals surface area contributed by atoms with Crippen molar-refractivity contribution in [2.24, 2.45) is 29.6 Å². The maximum absolute atomic E-state index is 14.7. The molecule has 0 amide bonds. The van der Waals surface area contributed by atoms with Crippen LogP contribution >= 0.6 is 0 Å². The third kappa shape index (κ3) is 5.36. The predicted octanol–water partition coefficient (Wildman–Crippen LogP) is 8.13. The molecule has 0 bridgehead atoms. The average molecular weight is 401 g/mol. The fourth-order valence-electron chi connectivity index (χ4n) is 6.72. The van der Waals surface area contributed by atoms with Gasteiger partial charge in [-0.05, 0) is 86.2 Å². The minimum atomic E-state index is -0.0603. The van der Waals surface area contributed by atoms with Crippen molar-refractivity contribution in [2.45, 2.75) is 96.8 Å². The molecule has 1 nitrogen and oxygen atoms in total. The third-order valence-corrected chi connectivity index (χ3v) is 8.56. The number of hydrogen-bond donors (Lipinski definition) is 0. The standard InChI is InChI=1S/C27H41FO/c1-3-29-25-14-15-26(27(28)18-25)24-13-12-22-16-21(10-11-23(22)17-24)9-8-20-6-4-19(2)5-7-20/h14-15,18-24H,3-13,16-17H2,1-2H3. The van der Waals surface area contributed by atoms with E-state index in [0.29, 0.717) is 18.3 Å². The van der Waals surface area contributed by atoms with Crippen molar-refractivity contribution in [3.8, 4) is 5.75 Å². The SMILES string of the molecule is CCOc1ccc(C2CCC3CC(CCC4CCC(C)CC4)CCC3C2)c(F)c1. The van der Waals surface area contributed by atoms with E-state index in [4.69, 9.17) is 4.74 Å². The minimum Gasteiger partial charge on any atom is -0.494 e. The molecule has 29 heavy (non-hydrogen) atoms. The lowest BCUT2D eigenvalue weighted by molar-refractivity contribution is 0.108. The Hall–Kier alpha value is -1.05. The first-order valence-electron chi connectivity index (χ1n) is 12.5. The first-order chi connectivity index (χ1) is 14.1.